The molecule has 0 aliphatic carbocycles. The van der Waals surface area contributed by atoms with Crippen LogP contribution in [-0.2, 0) is 0 Å². The molecule has 0 heterocycles. The smallest absolute Gasteiger partial charge is 0.205 e. The highest BCUT2D eigenvalue weighted by Crippen LogP contribution is 1.98. The lowest BCUT2D eigenvalue weighted by molar-refractivity contribution is 0.187. The molecule has 0 bridgehead atoms. The predicted molar refractivity (Wildman–Crippen MR) is 41.5 cm³/mol. The molecule has 0 aromatic heterocycles. The molecule has 2 N–H and O–H groups in total. The van der Waals surface area contributed by atoms with Crippen molar-refractivity contribution in [3.63, 3.8) is 0 Å². The Balaban J connectivity index is 4.61. The normalized spacial score (nSPS) is 10.7. The van der Waals surface area contributed by atoms with Crippen molar-refractivity contribution in [2.45, 2.75) is 0 Å². The van der Waals surface area contributed by atoms with Gasteiger partial charge in [-0.3, -0.25) is 0 Å². The van der Waals surface area contributed by atoms with E-state index in [1.807, 2.05) is 0 Å². The molecule has 0 atom stereocenters. The van der Waals surface area contributed by atoms with Crippen LogP contribution in [0.4, 0.5) is 0 Å². The zero-order valence-electron chi connectivity index (χ0n) is 6.17. The van der Waals surface area contributed by atoms with E-state index in [-0.39, 0.29) is 5.84 Å². The Bertz CT molecular complexity index is 245. The van der Waals surface area contributed by atoms with Gasteiger partial charge in [-0.25, -0.2) is 0 Å². The summed E-state index contributed by atoms with van der Waals surface area (Å²) >= 11 is 0. The lowest BCUT2D eigenvalue weighted by Crippen LogP contribution is -2.20. The first-order valence-corrected chi connectivity index (χ1v) is 3.08. The molecular weight excluding hydrogens is 160 g/mol. The molecule has 0 aliphatic heterocycles. The first kappa shape index (κ1) is 10.5. The molecule has 6 heteroatoms. The van der Waals surface area contributed by atoms with Crippen molar-refractivity contribution < 1.29 is 10.2 Å². The van der Waals surface area contributed by atoms with Crippen molar-refractivity contribution in [1.29, 1.82) is 5.26 Å². The highest BCUT2D eigenvalue weighted by molar-refractivity contribution is 5.90. The summed E-state index contributed by atoms with van der Waals surface area (Å²) in [5.74, 6) is -0.908. The molecule has 64 valence electrons. The van der Waals surface area contributed by atoms with Crippen LogP contribution in [0.3, 0.4) is 0 Å². The number of aliphatic hydroxyl groups is 2. The van der Waals surface area contributed by atoms with Crippen LogP contribution in [-0.4, -0.2) is 35.3 Å². The van der Waals surface area contributed by atoms with E-state index in [4.69, 9.17) is 20.9 Å². The summed E-state index contributed by atoms with van der Waals surface area (Å²) in [4.78, 5) is 6.34. The van der Waals surface area contributed by atoms with Gasteiger partial charge in [0.2, 0.25) is 6.19 Å². The molecule has 0 radical (unpaired) electrons. The van der Waals surface area contributed by atoms with Gasteiger partial charge in [-0.1, -0.05) is 0 Å². The fraction of sp³-hybridized carbons (Fsp3) is 0.500. The molecule has 0 saturated heterocycles. The second-order valence-corrected chi connectivity index (χ2v) is 1.84. The lowest BCUT2D eigenvalue weighted by atomic mass is 10.1. The van der Waals surface area contributed by atoms with Crippen LogP contribution in [0.2, 0.25) is 0 Å². The minimum atomic E-state index is -0.760. The van der Waals surface area contributed by atoms with Crippen molar-refractivity contribution in [3.05, 3.63) is 5.41 Å². The Labute approximate surface area is 69.0 Å². The van der Waals surface area contributed by atoms with Crippen LogP contribution < -0.4 is 0 Å². The average Bonchev–Trinajstić information content (AvgIpc) is 2.07. The minimum absolute atomic E-state index is 0.148. The number of nitrogens with zero attached hydrogens (tertiary/aromatic N) is 4. The van der Waals surface area contributed by atoms with E-state index in [9.17, 15) is 0 Å². The molecule has 0 aliphatic rings. The second-order valence-electron chi connectivity index (χ2n) is 1.84. The molecule has 0 fully saturated rings. The third kappa shape index (κ3) is 3.03. The van der Waals surface area contributed by atoms with Crippen LogP contribution in [0.25, 0.3) is 5.41 Å². The first-order chi connectivity index (χ1) is 5.79. The van der Waals surface area contributed by atoms with Crippen molar-refractivity contribution in [2.24, 2.45) is 15.9 Å². The number of amidine groups is 1. The van der Waals surface area contributed by atoms with E-state index in [0.29, 0.717) is 0 Å². The monoisotopic (exact) mass is 167 g/mol. The van der Waals surface area contributed by atoms with Gasteiger partial charge in [0, 0.05) is 5.92 Å². The highest BCUT2D eigenvalue weighted by atomic mass is 16.3. The fourth-order valence-corrected chi connectivity index (χ4v) is 0.531. The number of nitriles is 1. The Kier molecular flexibility index (Phi) is 5.39. The molecular formula is C6H7N4O2-. The largest absolute Gasteiger partial charge is 0.422 e. The zero-order chi connectivity index (χ0) is 9.40. The Morgan fingerprint density at radius 3 is 2.42 bits per heavy atom. The van der Waals surface area contributed by atoms with Gasteiger partial charge in [-0.2, -0.15) is 10.3 Å². The third-order valence-electron chi connectivity index (χ3n) is 1.14. The first-order valence-electron chi connectivity index (χ1n) is 3.08. The average molecular weight is 167 g/mol. The summed E-state index contributed by atoms with van der Waals surface area (Å²) < 4.78 is 0. The zero-order valence-corrected chi connectivity index (χ0v) is 6.17. The van der Waals surface area contributed by atoms with Gasteiger partial charge in [0.1, 0.15) is 0 Å². The maximum absolute atomic E-state index is 8.63. The molecule has 0 aromatic rings. The van der Waals surface area contributed by atoms with E-state index >= 15 is 0 Å². The SMILES string of the molecule is N#CN=C(N=C=[N-])C(CO)CO. The van der Waals surface area contributed by atoms with Gasteiger partial charge in [0.05, 0.1) is 19.0 Å². The van der Waals surface area contributed by atoms with E-state index in [0.717, 1.165) is 0 Å². The minimum Gasteiger partial charge on any atom is -0.422 e. The topological polar surface area (TPSA) is 111 Å². The van der Waals surface area contributed by atoms with E-state index < -0.39 is 19.1 Å². The van der Waals surface area contributed by atoms with E-state index in [2.05, 4.69) is 9.98 Å². The van der Waals surface area contributed by atoms with Gasteiger partial charge in [0.25, 0.3) is 0 Å². The van der Waals surface area contributed by atoms with E-state index in [1.165, 1.54) is 12.2 Å². The van der Waals surface area contributed by atoms with Crippen LogP contribution in [0.15, 0.2) is 9.98 Å². The molecule has 0 saturated carbocycles. The van der Waals surface area contributed by atoms with Gasteiger partial charge in [0.15, 0.2) is 0 Å². The maximum atomic E-state index is 8.63. The molecule has 0 amide bonds. The van der Waals surface area contributed by atoms with Crippen molar-refractivity contribution in [2.75, 3.05) is 13.2 Å². The van der Waals surface area contributed by atoms with Gasteiger partial charge < -0.3 is 20.6 Å². The van der Waals surface area contributed by atoms with Gasteiger partial charge >= 0.3 is 0 Å². The standard InChI is InChI=1S/C6H7N4O2/c7-3-9-6(10-4-8)5(1-11)2-12/h5,11-12H,1-2H2/q-1. The fourth-order valence-electron chi connectivity index (χ4n) is 0.531. The molecule has 6 nitrogen and oxygen atoms in total. The summed E-state index contributed by atoms with van der Waals surface area (Å²) in [6.45, 7) is -0.801. The Morgan fingerprint density at radius 1 is 1.50 bits per heavy atom. The molecule has 12 heavy (non-hydrogen) atoms. The summed E-state index contributed by atoms with van der Waals surface area (Å²) in [5, 5.41) is 33.5. The number of rotatable bonds is 3. The summed E-state index contributed by atoms with van der Waals surface area (Å²) in [6.07, 6.45) is 1.42. The lowest BCUT2D eigenvalue weighted by Gasteiger charge is -2.11. The quantitative estimate of drug-likeness (QED) is 0.326. The number of hydrogen-bond acceptors (Lipinski definition) is 4. The number of hydrogen-bond donors (Lipinski definition) is 2. The van der Waals surface area contributed by atoms with Gasteiger partial charge in [-0.15, -0.1) is 6.01 Å². The summed E-state index contributed by atoms with van der Waals surface area (Å²) in [7, 11) is 0. The summed E-state index contributed by atoms with van der Waals surface area (Å²) in [5.41, 5.74) is 0. The van der Waals surface area contributed by atoms with Gasteiger partial charge in [-0.05, 0) is 0 Å². The predicted octanol–water partition coefficient (Wildman–Crippen LogP) is -0.790. The van der Waals surface area contributed by atoms with Crippen molar-refractivity contribution in [1.82, 2.24) is 0 Å². The second kappa shape index (κ2) is 6.19. The van der Waals surface area contributed by atoms with Crippen LogP contribution in [0.5, 0.6) is 0 Å². The third-order valence-corrected chi connectivity index (χ3v) is 1.14. The molecule has 0 rings (SSSR count). The molecule has 0 spiro atoms. The Hall–Kier alpha value is -1.54. The number of aliphatic imine (C=N–C) groups is 2. The highest BCUT2D eigenvalue weighted by Gasteiger charge is 2.08. The molecule has 0 unspecified atom stereocenters. The number of aliphatic hydroxyl groups excluding tert-OH is 2. The Morgan fingerprint density at radius 2 is 2.08 bits per heavy atom. The van der Waals surface area contributed by atoms with Crippen molar-refractivity contribution >= 4 is 11.8 Å². The maximum Gasteiger partial charge on any atom is 0.205 e. The van der Waals surface area contributed by atoms with E-state index in [1.54, 1.807) is 0 Å². The summed E-state index contributed by atoms with van der Waals surface area (Å²) in [6, 6.07) is 1.42. The van der Waals surface area contributed by atoms with Crippen LogP contribution in [0, 0.1) is 17.4 Å². The van der Waals surface area contributed by atoms with Crippen molar-refractivity contribution in [3.8, 4) is 6.19 Å². The van der Waals surface area contributed by atoms with Crippen LogP contribution in [0.1, 0.15) is 0 Å². The van der Waals surface area contributed by atoms with Crippen LogP contribution >= 0.6 is 0 Å². The molecule has 0 aromatic carbocycles.